The van der Waals surface area contributed by atoms with E-state index in [-0.39, 0.29) is 5.41 Å². The van der Waals surface area contributed by atoms with Crippen LogP contribution in [-0.2, 0) is 14.2 Å². The van der Waals surface area contributed by atoms with Crippen molar-refractivity contribution in [2.45, 2.75) is 193 Å². The van der Waals surface area contributed by atoms with E-state index >= 15 is 0 Å². The van der Waals surface area contributed by atoms with Gasteiger partial charge in [0.15, 0.2) is 0 Å². The second-order valence-electron chi connectivity index (χ2n) is 20.5. The Bertz CT molecular complexity index is 1010. The van der Waals surface area contributed by atoms with Crippen molar-refractivity contribution in [2.75, 3.05) is 52.5 Å². The van der Waals surface area contributed by atoms with Crippen LogP contribution in [-0.4, -0.2) is 78.9 Å². The molecule has 7 nitrogen and oxygen atoms in total. The molecular weight excluding hydrogens is 685 g/mol. The first-order chi connectivity index (χ1) is 26.0. The minimum atomic E-state index is -0.844. The summed E-state index contributed by atoms with van der Waals surface area (Å²) in [6.07, 6.45) is 26.3. The van der Waals surface area contributed by atoms with E-state index in [1.54, 1.807) is 0 Å². The molecule has 0 heterocycles. The zero-order chi connectivity index (χ0) is 39.0. The standard InChI is InChI=1S/C46H92N4O3Si/c1-36(19-15-28-50-27-13-11-9-7-8-10-12-14-32-54(4,5)6)39-20-21-40-44-41(35-43(46(39,40)3)53-31-18-26-49)45(2)23-22-38(51-29-16-24-47)33-37(45)34-42(44)52-30-17-25-48/h36-44,50H,7-35,47-49H2,1-6H3/t36?,37?,38-,39?,40+,41+,42-,43+,44?,45+,46-/m1/s1. The van der Waals surface area contributed by atoms with Crippen LogP contribution < -0.4 is 22.5 Å². The quantitative estimate of drug-likeness (QED) is 0.0462. The van der Waals surface area contributed by atoms with E-state index < -0.39 is 8.07 Å². The number of nitrogens with one attached hydrogen (secondary N) is 1. The molecular formula is C46H92N4O3Si. The highest BCUT2D eigenvalue weighted by molar-refractivity contribution is 6.76. The molecule has 318 valence electrons. The van der Waals surface area contributed by atoms with Gasteiger partial charge in [-0.15, -0.1) is 0 Å². The average molecular weight is 777 g/mol. The molecule has 4 aliphatic carbocycles. The average Bonchev–Trinajstić information content (AvgIpc) is 3.50. The maximum atomic E-state index is 7.06. The van der Waals surface area contributed by atoms with Crippen molar-refractivity contribution in [1.82, 2.24) is 5.32 Å². The van der Waals surface area contributed by atoms with E-state index in [9.17, 15) is 0 Å². The third kappa shape index (κ3) is 13.0. The Hall–Kier alpha value is -0.0631. The molecule has 8 heteroatoms. The lowest BCUT2D eigenvalue weighted by atomic mass is 9.43. The summed E-state index contributed by atoms with van der Waals surface area (Å²) in [4.78, 5) is 0. The van der Waals surface area contributed by atoms with E-state index in [0.717, 1.165) is 52.0 Å². The van der Waals surface area contributed by atoms with Crippen molar-refractivity contribution in [1.29, 1.82) is 0 Å². The highest BCUT2D eigenvalue weighted by Crippen LogP contribution is 2.69. The van der Waals surface area contributed by atoms with Gasteiger partial charge in [0.25, 0.3) is 0 Å². The van der Waals surface area contributed by atoms with E-state index in [1.807, 2.05) is 0 Å². The zero-order valence-corrected chi connectivity index (χ0v) is 37.7. The van der Waals surface area contributed by atoms with Gasteiger partial charge in [-0.1, -0.05) is 91.4 Å². The van der Waals surface area contributed by atoms with Gasteiger partial charge in [-0.05, 0) is 157 Å². The van der Waals surface area contributed by atoms with Crippen LogP contribution in [0.2, 0.25) is 25.7 Å². The fourth-order valence-corrected chi connectivity index (χ4v) is 13.7. The van der Waals surface area contributed by atoms with Gasteiger partial charge < -0.3 is 36.7 Å². The monoisotopic (exact) mass is 777 g/mol. The van der Waals surface area contributed by atoms with Crippen LogP contribution in [0, 0.1) is 46.3 Å². The predicted molar refractivity (Wildman–Crippen MR) is 233 cm³/mol. The summed E-state index contributed by atoms with van der Waals surface area (Å²) in [5, 5.41) is 3.82. The first-order valence-corrected chi connectivity index (χ1v) is 27.4. The molecule has 0 aliphatic heterocycles. The topological polar surface area (TPSA) is 118 Å². The Morgan fingerprint density at radius 1 is 0.667 bits per heavy atom. The molecule has 7 N–H and O–H groups in total. The summed E-state index contributed by atoms with van der Waals surface area (Å²) in [6.45, 7) is 22.2. The lowest BCUT2D eigenvalue weighted by Gasteiger charge is -2.65. The Kier molecular flexibility index (Phi) is 20.3. The molecule has 0 saturated heterocycles. The molecule has 4 rings (SSSR count). The van der Waals surface area contributed by atoms with Crippen LogP contribution >= 0.6 is 0 Å². The third-order valence-corrected chi connectivity index (χ3v) is 17.4. The van der Waals surface area contributed by atoms with Crippen LogP contribution in [0.1, 0.15) is 149 Å². The van der Waals surface area contributed by atoms with Gasteiger partial charge in [0.05, 0.1) is 18.3 Å². The number of hydrogen-bond donors (Lipinski definition) is 4. The van der Waals surface area contributed by atoms with E-state index in [0.29, 0.717) is 78.9 Å². The minimum Gasteiger partial charge on any atom is -0.378 e. The van der Waals surface area contributed by atoms with Crippen LogP contribution in [0.25, 0.3) is 0 Å². The van der Waals surface area contributed by atoms with Gasteiger partial charge >= 0.3 is 0 Å². The Morgan fingerprint density at radius 2 is 1.28 bits per heavy atom. The Balaban J connectivity index is 1.32. The largest absolute Gasteiger partial charge is 0.378 e. The fraction of sp³-hybridized carbons (Fsp3) is 1.00. The van der Waals surface area contributed by atoms with Gasteiger partial charge in [-0.2, -0.15) is 0 Å². The Labute approximate surface area is 335 Å². The lowest BCUT2D eigenvalue weighted by molar-refractivity contribution is -0.227. The normalized spacial score (nSPS) is 34.4. The number of ether oxygens (including phenoxy) is 3. The molecule has 0 aromatic carbocycles. The van der Waals surface area contributed by atoms with Crippen molar-refractivity contribution in [3.63, 3.8) is 0 Å². The number of nitrogens with two attached hydrogens (primary N) is 3. The van der Waals surface area contributed by atoms with Crippen molar-refractivity contribution >= 4 is 8.07 Å². The fourth-order valence-electron chi connectivity index (χ4n) is 12.4. The van der Waals surface area contributed by atoms with Crippen LogP contribution in [0.15, 0.2) is 0 Å². The second-order valence-corrected chi connectivity index (χ2v) is 26.1. The van der Waals surface area contributed by atoms with E-state index in [2.05, 4.69) is 45.7 Å². The van der Waals surface area contributed by atoms with Gasteiger partial charge in [0, 0.05) is 33.3 Å². The van der Waals surface area contributed by atoms with Crippen LogP contribution in [0.4, 0.5) is 0 Å². The summed E-state index contributed by atoms with van der Waals surface area (Å²) >= 11 is 0. The summed E-state index contributed by atoms with van der Waals surface area (Å²) in [6, 6.07) is 1.50. The smallest absolute Gasteiger partial charge is 0.0637 e. The number of fused-ring (bicyclic) bond motifs is 5. The van der Waals surface area contributed by atoms with Crippen molar-refractivity contribution in [3.8, 4) is 0 Å². The number of rotatable bonds is 28. The Morgan fingerprint density at radius 3 is 1.94 bits per heavy atom. The van der Waals surface area contributed by atoms with Crippen molar-refractivity contribution < 1.29 is 14.2 Å². The van der Waals surface area contributed by atoms with E-state index in [1.165, 1.54) is 115 Å². The van der Waals surface area contributed by atoms with Gasteiger partial charge in [-0.25, -0.2) is 0 Å². The molecule has 4 saturated carbocycles. The molecule has 0 spiro atoms. The van der Waals surface area contributed by atoms with E-state index in [4.69, 9.17) is 31.4 Å². The number of hydrogen-bond acceptors (Lipinski definition) is 7. The third-order valence-electron chi connectivity index (χ3n) is 15.5. The molecule has 0 radical (unpaired) electrons. The van der Waals surface area contributed by atoms with Crippen molar-refractivity contribution in [2.24, 2.45) is 63.5 Å². The molecule has 4 aliphatic rings. The SMILES string of the molecule is CC(CCCNCCCCCCCCCC[Si](C)(C)C)C1CC[C@H]2C3[C@H](OCCCN)CC4C[C@H](OCCCN)CC[C@]4(C)[C@H]3C[C@H](OCCCN)[C@]12C. The van der Waals surface area contributed by atoms with Crippen molar-refractivity contribution in [3.05, 3.63) is 0 Å². The highest BCUT2D eigenvalue weighted by atomic mass is 28.3. The van der Waals surface area contributed by atoms with Gasteiger partial charge in [-0.3, -0.25) is 0 Å². The molecule has 4 unspecified atom stereocenters. The molecule has 11 atom stereocenters. The number of unbranched alkanes of at least 4 members (excludes halogenated alkanes) is 7. The molecule has 0 aromatic rings. The minimum absolute atomic E-state index is 0.179. The first-order valence-electron chi connectivity index (χ1n) is 23.6. The summed E-state index contributed by atoms with van der Waals surface area (Å²) in [5.74, 6) is 3.91. The second kappa shape index (κ2) is 23.5. The molecule has 0 amide bonds. The molecule has 54 heavy (non-hydrogen) atoms. The first kappa shape index (κ1) is 46.6. The van der Waals surface area contributed by atoms with Gasteiger partial charge in [0.2, 0.25) is 0 Å². The highest BCUT2D eigenvalue weighted by Gasteiger charge is 2.66. The van der Waals surface area contributed by atoms with Crippen LogP contribution in [0.5, 0.6) is 0 Å². The maximum Gasteiger partial charge on any atom is 0.0637 e. The molecule has 0 aromatic heterocycles. The summed E-state index contributed by atoms with van der Waals surface area (Å²) < 4.78 is 20.4. The van der Waals surface area contributed by atoms with Gasteiger partial charge in [0.1, 0.15) is 0 Å². The predicted octanol–water partition coefficient (Wildman–Crippen LogP) is 9.53. The van der Waals surface area contributed by atoms with Crippen LogP contribution in [0.3, 0.4) is 0 Å². The lowest BCUT2D eigenvalue weighted by Crippen LogP contribution is -2.63. The molecule has 0 bridgehead atoms. The summed E-state index contributed by atoms with van der Waals surface area (Å²) in [7, 11) is -0.844. The zero-order valence-electron chi connectivity index (χ0n) is 36.7. The summed E-state index contributed by atoms with van der Waals surface area (Å²) in [5.41, 5.74) is 18.3. The maximum absolute atomic E-state index is 7.06. The molecule has 4 fully saturated rings.